The third-order valence-corrected chi connectivity index (χ3v) is 3.48. The van der Waals surface area contributed by atoms with Crippen LogP contribution in [0.2, 0.25) is 5.02 Å². The number of hydrogen-bond acceptors (Lipinski definition) is 3. The predicted octanol–water partition coefficient (Wildman–Crippen LogP) is 3.14. The van der Waals surface area contributed by atoms with Crippen LogP contribution in [0.5, 0.6) is 0 Å². The van der Waals surface area contributed by atoms with Crippen molar-refractivity contribution in [3.63, 3.8) is 0 Å². The molecule has 21 heavy (non-hydrogen) atoms. The lowest BCUT2D eigenvalue weighted by Gasteiger charge is -2.05. The Bertz CT molecular complexity index is 825. The largest absolute Gasteiger partial charge is 0.480 e. The van der Waals surface area contributed by atoms with Crippen molar-refractivity contribution in [1.82, 2.24) is 14.5 Å². The molecule has 5 nitrogen and oxygen atoms in total. The summed E-state index contributed by atoms with van der Waals surface area (Å²) in [4.78, 5) is 20.0. The Morgan fingerprint density at radius 1 is 1.29 bits per heavy atom. The second kappa shape index (κ2) is 5.18. The number of carbonyl (C=O) groups is 1. The summed E-state index contributed by atoms with van der Waals surface area (Å²) in [5, 5.41) is 9.75. The van der Waals surface area contributed by atoms with Crippen molar-refractivity contribution >= 4 is 28.7 Å². The summed E-state index contributed by atoms with van der Waals surface area (Å²) in [7, 11) is 0. The highest BCUT2D eigenvalue weighted by Gasteiger charge is 2.16. The third-order valence-electron chi connectivity index (χ3n) is 3.23. The van der Waals surface area contributed by atoms with E-state index in [2.05, 4.69) is 9.97 Å². The summed E-state index contributed by atoms with van der Waals surface area (Å²) in [6.07, 6.45) is 1.66. The molecule has 0 bridgehead atoms. The number of carboxylic acids is 1. The highest BCUT2D eigenvalue weighted by Crippen LogP contribution is 2.26. The molecular weight excluding hydrogens is 290 g/mol. The summed E-state index contributed by atoms with van der Waals surface area (Å²) >= 11 is 5.89. The van der Waals surface area contributed by atoms with Gasteiger partial charge in [-0.25, -0.2) is 9.97 Å². The van der Waals surface area contributed by atoms with E-state index in [9.17, 15) is 4.79 Å². The van der Waals surface area contributed by atoms with Crippen LogP contribution in [-0.4, -0.2) is 25.6 Å². The topological polar surface area (TPSA) is 68.0 Å². The van der Waals surface area contributed by atoms with Crippen LogP contribution in [0.15, 0.2) is 36.5 Å². The highest BCUT2D eigenvalue weighted by atomic mass is 35.5. The summed E-state index contributed by atoms with van der Waals surface area (Å²) in [6, 6.07) is 8.99. The number of nitrogens with zero attached hydrogens (tertiary/aromatic N) is 3. The zero-order valence-electron chi connectivity index (χ0n) is 11.2. The molecule has 0 saturated heterocycles. The Balaban J connectivity index is 2.27. The molecule has 0 unspecified atom stereocenters. The van der Waals surface area contributed by atoms with Gasteiger partial charge in [0, 0.05) is 16.8 Å². The molecule has 0 aliphatic rings. The van der Waals surface area contributed by atoms with E-state index in [1.165, 1.54) is 0 Å². The van der Waals surface area contributed by atoms with Gasteiger partial charge in [0.25, 0.3) is 0 Å². The van der Waals surface area contributed by atoms with E-state index in [0.717, 1.165) is 11.1 Å². The standard InChI is InChI=1S/C15H12ClN3O2/c1-9-6-7-17-15-13(9)18-14(19(15)8-12(20)21)10-2-4-11(16)5-3-10/h2-7H,8H2,1H3,(H,20,21). The molecule has 0 atom stereocenters. The smallest absolute Gasteiger partial charge is 0.323 e. The van der Waals surface area contributed by atoms with Crippen LogP contribution in [0, 0.1) is 6.92 Å². The van der Waals surface area contributed by atoms with Crippen LogP contribution < -0.4 is 0 Å². The second-order valence-electron chi connectivity index (χ2n) is 4.72. The first-order valence-corrected chi connectivity index (χ1v) is 6.73. The second-order valence-corrected chi connectivity index (χ2v) is 5.16. The maximum absolute atomic E-state index is 11.1. The Labute approximate surface area is 125 Å². The lowest BCUT2D eigenvalue weighted by atomic mass is 10.2. The first-order valence-electron chi connectivity index (χ1n) is 6.36. The number of fused-ring (bicyclic) bond motifs is 1. The first-order chi connectivity index (χ1) is 10.1. The molecule has 3 rings (SSSR count). The summed E-state index contributed by atoms with van der Waals surface area (Å²) in [5.41, 5.74) is 3.04. The van der Waals surface area contributed by atoms with Gasteiger partial charge in [0.05, 0.1) is 0 Å². The van der Waals surface area contributed by atoms with Crippen LogP contribution in [0.4, 0.5) is 0 Å². The van der Waals surface area contributed by atoms with E-state index in [4.69, 9.17) is 16.7 Å². The molecule has 2 aromatic heterocycles. The van der Waals surface area contributed by atoms with E-state index in [-0.39, 0.29) is 6.54 Å². The van der Waals surface area contributed by atoms with E-state index in [1.807, 2.05) is 25.1 Å². The van der Waals surface area contributed by atoms with Crippen molar-refractivity contribution in [2.75, 3.05) is 0 Å². The SMILES string of the molecule is Cc1ccnc2c1nc(-c1ccc(Cl)cc1)n2CC(=O)O. The number of benzene rings is 1. The molecular formula is C15H12ClN3O2. The minimum Gasteiger partial charge on any atom is -0.480 e. The van der Waals surface area contributed by atoms with Crippen molar-refractivity contribution in [2.45, 2.75) is 13.5 Å². The van der Waals surface area contributed by atoms with Gasteiger partial charge < -0.3 is 5.11 Å². The van der Waals surface area contributed by atoms with Crippen LogP contribution >= 0.6 is 11.6 Å². The molecule has 0 spiro atoms. The van der Waals surface area contributed by atoms with E-state index >= 15 is 0 Å². The average molecular weight is 302 g/mol. The molecule has 1 aromatic carbocycles. The number of carboxylic acid groups (broad SMARTS) is 1. The molecule has 3 aromatic rings. The van der Waals surface area contributed by atoms with Gasteiger partial charge >= 0.3 is 5.97 Å². The highest BCUT2D eigenvalue weighted by molar-refractivity contribution is 6.30. The molecule has 0 aliphatic heterocycles. The summed E-state index contributed by atoms with van der Waals surface area (Å²) in [5.74, 6) is -0.362. The average Bonchev–Trinajstić information content (AvgIpc) is 2.80. The maximum Gasteiger partial charge on any atom is 0.323 e. The van der Waals surface area contributed by atoms with Gasteiger partial charge in [-0.15, -0.1) is 0 Å². The number of rotatable bonds is 3. The molecule has 0 fully saturated rings. The van der Waals surface area contributed by atoms with E-state index < -0.39 is 5.97 Å². The minimum atomic E-state index is -0.937. The van der Waals surface area contributed by atoms with Gasteiger partial charge in [-0.2, -0.15) is 0 Å². The number of aryl methyl sites for hydroxylation is 1. The molecule has 106 valence electrons. The maximum atomic E-state index is 11.1. The Morgan fingerprint density at radius 2 is 2.00 bits per heavy atom. The Hall–Kier alpha value is -2.40. The molecule has 0 saturated carbocycles. The van der Waals surface area contributed by atoms with Crippen molar-refractivity contribution < 1.29 is 9.90 Å². The van der Waals surface area contributed by atoms with E-state index in [1.54, 1.807) is 22.9 Å². The van der Waals surface area contributed by atoms with Crippen molar-refractivity contribution in [1.29, 1.82) is 0 Å². The normalized spacial score (nSPS) is 11.0. The quantitative estimate of drug-likeness (QED) is 0.807. The molecule has 0 aliphatic carbocycles. The first kappa shape index (κ1) is 13.6. The minimum absolute atomic E-state index is 0.190. The number of halogens is 1. The predicted molar refractivity (Wildman–Crippen MR) is 80.3 cm³/mol. The van der Waals surface area contributed by atoms with Gasteiger partial charge in [0.15, 0.2) is 5.65 Å². The summed E-state index contributed by atoms with van der Waals surface area (Å²) < 4.78 is 1.61. The lowest BCUT2D eigenvalue weighted by Crippen LogP contribution is -2.10. The van der Waals surface area contributed by atoms with Crippen molar-refractivity contribution in [3.8, 4) is 11.4 Å². The van der Waals surface area contributed by atoms with Gasteiger partial charge in [-0.1, -0.05) is 11.6 Å². The zero-order valence-corrected chi connectivity index (χ0v) is 12.0. The van der Waals surface area contributed by atoms with Gasteiger partial charge in [-0.3, -0.25) is 9.36 Å². The van der Waals surface area contributed by atoms with Crippen LogP contribution in [0.1, 0.15) is 5.56 Å². The van der Waals surface area contributed by atoms with Crippen LogP contribution in [0.25, 0.3) is 22.6 Å². The van der Waals surface area contributed by atoms with Crippen molar-refractivity contribution in [2.24, 2.45) is 0 Å². The van der Waals surface area contributed by atoms with E-state index in [0.29, 0.717) is 22.0 Å². The van der Waals surface area contributed by atoms with Gasteiger partial charge in [0.1, 0.15) is 17.9 Å². The number of pyridine rings is 1. The fraction of sp³-hybridized carbons (Fsp3) is 0.133. The fourth-order valence-electron chi connectivity index (χ4n) is 2.24. The Morgan fingerprint density at radius 3 is 2.67 bits per heavy atom. The number of hydrogen-bond donors (Lipinski definition) is 1. The molecule has 0 amide bonds. The third kappa shape index (κ3) is 2.48. The lowest BCUT2D eigenvalue weighted by molar-refractivity contribution is -0.137. The van der Waals surface area contributed by atoms with Gasteiger partial charge in [-0.05, 0) is 42.8 Å². The van der Waals surface area contributed by atoms with Crippen LogP contribution in [-0.2, 0) is 11.3 Å². The zero-order chi connectivity index (χ0) is 15.0. The fourth-order valence-corrected chi connectivity index (χ4v) is 2.37. The Kier molecular flexibility index (Phi) is 3.35. The van der Waals surface area contributed by atoms with Crippen LogP contribution in [0.3, 0.4) is 0 Å². The molecule has 1 N–H and O–H groups in total. The molecule has 2 heterocycles. The summed E-state index contributed by atoms with van der Waals surface area (Å²) in [6.45, 7) is 1.73. The van der Waals surface area contributed by atoms with Crippen molar-refractivity contribution in [3.05, 3.63) is 47.1 Å². The molecule has 0 radical (unpaired) electrons. The number of aliphatic carboxylic acids is 1. The number of imidazole rings is 1. The monoisotopic (exact) mass is 301 g/mol. The van der Waals surface area contributed by atoms with Gasteiger partial charge in [0.2, 0.25) is 0 Å². The number of aromatic nitrogens is 3. The molecule has 6 heteroatoms.